The van der Waals surface area contributed by atoms with Crippen molar-refractivity contribution in [1.82, 2.24) is 4.90 Å². The van der Waals surface area contributed by atoms with Crippen molar-refractivity contribution in [3.63, 3.8) is 0 Å². The Morgan fingerprint density at radius 3 is 2.76 bits per heavy atom. The molecule has 0 amide bonds. The predicted molar refractivity (Wildman–Crippen MR) is 67.3 cm³/mol. The number of likely N-dealkylation sites (tertiary alicyclic amines) is 1. The quantitative estimate of drug-likeness (QED) is 0.800. The van der Waals surface area contributed by atoms with Crippen molar-refractivity contribution >= 4 is 21.5 Å². The molecule has 2 rings (SSSR count). The molecule has 0 radical (unpaired) electrons. The number of nitrogen functional groups attached to an aromatic ring is 1. The Labute approximate surface area is 101 Å². The molecule has 1 aromatic carbocycles. The lowest BCUT2D eigenvalue weighted by molar-refractivity contribution is 0.548. The molecule has 6 heteroatoms. The number of benzene rings is 1. The second kappa shape index (κ2) is 4.37. The molecule has 0 saturated carbocycles. The first-order valence-corrected chi connectivity index (χ1v) is 6.83. The molecule has 17 heavy (non-hydrogen) atoms. The van der Waals surface area contributed by atoms with E-state index in [-0.39, 0.29) is 4.90 Å². The van der Waals surface area contributed by atoms with E-state index in [1.165, 1.54) is 12.1 Å². The molecule has 1 aliphatic heterocycles. The third kappa shape index (κ3) is 2.58. The summed E-state index contributed by atoms with van der Waals surface area (Å²) in [5.41, 5.74) is 5.99. The van der Waals surface area contributed by atoms with Crippen LogP contribution in [0.25, 0.3) is 0 Å². The van der Waals surface area contributed by atoms with Gasteiger partial charge in [-0.25, -0.2) is 0 Å². The fourth-order valence-electron chi connectivity index (χ4n) is 1.78. The van der Waals surface area contributed by atoms with Crippen LogP contribution in [0.15, 0.2) is 33.6 Å². The SMILES string of the molecule is CN1CCCC1=NS(=O)(=O)c1cccc(N)c1. The highest BCUT2D eigenvalue weighted by Gasteiger charge is 2.20. The van der Waals surface area contributed by atoms with Crippen LogP contribution in [0.4, 0.5) is 5.69 Å². The Balaban J connectivity index is 2.37. The van der Waals surface area contributed by atoms with Gasteiger partial charge in [0.2, 0.25) is 0 Å². The molecule has 5 nitrogen and oxygen atoms in total. The van der Waals surface area contributed by atoms with Gasteiger partial charge in [-0.3, -0.25) is 0 Å². The van der Waals surface area contributed by atoms with E-state index in [2.05, 4.69) is 4.40 Å². The molecule has 92 valence electrons. The summed E-state index contributed by atoms with van der Waals surface area (Å²) in [4.78, 5) is 2.01. The Hall–Kier alpha value is -1.56. The zero-order chi connectivity index (χ0) is 12.5. The maximum Gasteiger partial charge on any atom is 0.284 e. The van der Waals surface area contributed by atoms with E-state index in [9.17, 15) is 8.42 Å². The lowest BCUT2D eigenvalue weighted by atomic mass is 10.3. The van der Waals surface area contributed by atoms with E-state index in [1.54, 1.807) is 12.1 Å². The van der Waals surface area contributed by atoms with Gasteiger partial charge in [0.25, 0.3) is 10.0 Å². The number of sulfonamides is 1. The first-order chi connectivity index (χ1) is 7.99. The van der Waals surface area contributed by atoms with Crippen LogP contribution in [-0.4, -0.2) is 32.7 Å². The molecule has 2 N–H and O–H groups in total. The number of nitrogens with two attached hydrogens (primary N) is 1. The van der Waals surface area contributed by atoms with Gasteiger partial charge in [-0.1, -0.05) is 6.07 Å². The fraction of sp³-hybridized carbons (Fsp3) is 0.364. The number of hydrogen-bond donors (Lipinski definition) is 1. The molecule has 0 bridgehead atoms. The predicted octanol–water partition coefficient (Wildman–Crippen LogP) is 1.08. The van der Waals surface area contributed by atoms with Crippen molar-refractivity contribution in [2.45, 2.75) is 17.7 Å². The summed E-state index contributed by atoms with van der Waals surface area (Å²) in [6, 6.07) is 6.19. The smallest absolute Gasteiger partial charge is 0.284 e. The summed E-state index contributed by atoms with van der Waals surface area (Å²) in [7, 11) is -1.78. The molecular formula is C11H15N3O2S. The molecule has 1 aliphatic rings. The highest BCUT2D eigenvalue weighted by Crippen LogP contribution is 2.18. The molecule has 0 unspecified atom stereocenters. The number of anilines is 1. The fourth-order valence-corrected chi connectivity index (χ4v) is 2.93. The van der Waals surface area contributed by atoms with Crippen molar-refractivity contribution in [2.24, 2.45) is 4.40 Å². The first-order valence-electron chi connectivity index (χ1n) is 5.39. The molecule has 0 aliphatic carbocycles. The molecular weight excluding hydrogens is 238 g/mol. The van der Waals surface area contributed by atoms with Crippen molar-refractivity contribution in [3.8, 4) is 0 Å². The number of nitrogens with zero attached hydrogens (tertiary/aromatic N) is 2. The van der Waals surface area contributed by atoms with Crippen LogP contribution in [0, 0.1) is 0 Å². The van der Waals surface area contributed by atoms with Crippen molar-refractivity contribution in [1.29, 1.82) is 0 Å². The minimum absolute atomic E-state index is 0.144. The van der Waals surface area contributed by atoms with Gasteiger partial charge in [0.05, 0.1) is 4.90 Å². The molecule has 1 saturated heterocycles. The Bertz CT molecular complexity index is 552. The first kappa shape index (κ1) is 11.9. The van der Waals surface area contributed by atoms with E-state index in [0.717, 1.165) is 13.0 Å². The zero-order valence-electron chi connectivity index (χ0n) is 9.63. The van der Waals surface area contributed by atoms with Crippen LogP contribution >= 0.6 is 0 Å². The van der Waals surface area contributed by atoms with Crippen LogP contribution in [0.1, 0.15) is 12.8 Å². The molecule has 0 aromatic heterocycles. The summed E-state index contributed by atoms with van der Waals surface area (Å²) in [6.45, 7) is 0.852. The van der Waals surface area contributed by atoms with Crippen LogP contribution in [0.5, 0.6) is 0 Å². The topological polar surface area (TPSA) is 75.8 Å². The minimum atomic E-state index is -3.63. The van der Waals surface area contributed by atoms with Crippen LogP contribution in [0.3, 0.4) is 0 Å². The summed E-state index contributed by atoms with van der Waals surface area (Å²) in [6.07, 6.45) is 1.65. The van der Waals surface area contributed by atoms with Crippen LogP contribution < -0.4 is 5.73 Å². The average Bonchev–Trinajstić information content (AvgIpc) is 2.64. The van der Waals surface area contributed by atoms with E-state index >= 15 is 0 Å². The molecule has 0 spiro atoms. The van der Waals surface area contributed by atoms with Gasteiger partial charge in [0.1, 0.15) is 5.84 Å². The number of hydrogen-bond acceptors (Lipinski definition) is 3. The van der Waals surface area contributed by atoms with Gasteiger partial charge in [-0.15, -0.1) is 4.40 Å². The van der Waals surface area contributed by atoms with Gasteiger partial charge < -0.3 is 10.6 Å². The largest absolute Gasteiger partial charge is 0.399 e. The van der Waals surface area contributed by atoms with E-state index in [1.807, 2.05) is 11.9 Å². The second-order valence-corrected chi connectivity index (χ2v) is 5.68. The molecule has 1 fully saturated rings. The monoisotopic (exact) mass is 253 g/mol. The zero-order valence-corrected chi connectivity index (χ0v) is 10.4. The van der Waals surface area contributed by atoms with E-state index in [0.29, 0.717) is 17.9 Å². The lowest BCUT2D eigenvalue weighted by Crippen LogP contribution is -2.20. The van der Waals surface area contributed by atoms with Crippen molar-refractivity contribution in [2.75, 3.05) is 19.3 Å². The van der Waals surface area contributed by atoms with Gasteiger partial charge in [-0.05, 0) is 24.6 Å². The van der Waals surface area contributed by atoms with Crippen molar-refractivity contribution in [3.05, 3.63) is 24.3 Å². The molecule has 1 aromatic rings. The summed E-state index contributed by atoms with van der Waals surface area (Å²) >= 11 is 0. The summed E-state index contributed by atoms with van der Waals surface area (Å²) in [5.74, 6) is 0.618. The standard InChI is InChI=1S/C11H15N3O2S/c1-14-7-3-6-11(14)13-17(15,16)10-5-2-4-9(12)8-10/h2,4-5,8H,3,6-7,12H2,1H3. The number of rotatable bonds is 2. The maximum atomic E-state index is 12.0. The Morgan fingerprint density at radius 1 is 1.41 bits per heavy atom. The van der Waals surface area contributed by atoms with Crippen LogP contribution in [0.2, 0.25) is 0 Å². The summed E-state index contributed by atoms with van der Waals surface area (Å²) < 4.78 is 27.9. The highest BCUT2D eigenvalue weighted by atomic mass is 32.2. The van der Waals surface area contributed by atoms with E-state index < -0.39 is 10.0 Å². The van der Waals surface area contributed by atoms with Gasteiger partial charge in [0, 0.05) is 25.7 Å². The van der Waals surface area contributed by atoms with Gasteiger partial charge in [-0.2, -0.15) is 8.42 Å². The van der Waals surface area contributed by atoms with Gasteiger partial charge in [0.15, 0.2) is 0 Å². The Morgan fingerprint density at radius 2 is 2.18 bits per heavy atom. The molecule has 0 atom stereocenters. The second-order valence-electron chi connectivity index (χ2n) is 4.08. The third-order valence-corrected chi connectivity index (χ3v) is 4.02. The highest BCUT2D eigenvalue weighted by molar-refractivity contribution is 7.90. The maximum absolute atomic E-state index is 12.0. The normalized spacial score (nSPS) is 18.9. The number of amidine groups is 1. The lowest BCUT2D eigenvalue weighted by Gasteiger charge is -2.10. The minimum Gasteiger partial charge on any atom is -0.399 e. The third-order valence-electron chi connectivity index (χ3n) is 2.72. The van der Waals surface area contributed by atoms with Crippen LogP contribution in [-0.2, 0) is 10.0 Å². The Kier molecular flexibility index (Phi) is 3.06. The molecule has 1 heterocycles. The van der Waals surface area contributed by atoms with Gasteiger partial charge >= 0.3 is 0 Å². The summed E-state index contributed by atoms with van der Waals surface area (Å²) in [5, 5.41) is 0. The average molecular weight is 253 g/mol. The van der Waals surface area contributed by atoms with E-state index in [4.69, 9.17) is 5.73 Å². The van der Waals surface area contributed by atoms with Crippen molar-refractivity contribution < 1.29 is 8.42 Å².